The molecule has 0 atom stereocenters. The Balaban J connectivity index is 3.02. The van der Waals surface area contributed by atoms with E-state index in [1.54, 1.807) is 11.9 Å². The van der Waals surface area contributed by atoms with Crippen molar-refractivity contribution in [3.63, 3.8) is 0 Å². The predicted molar refractivity (Wildman–Crippen MR) is 90.3 cm³/mol. The van der Waals surface area contributed by atoms with E-state index in [2.05, 4.69) is 23.8 Å². The minimum Gasteiger partial charge on any atom is -0.477 e. The molecule has 0 fully saturated rings. The number of ether oxygens (including phenoxy) is 1. The molecule has 1 aromatic rings. The van der Waals surface area contributed by atoms with E-state index < -0.39 is 11.9 Å². The van der Waals surface area contributed by atoms with Crippen molar-refractivity contribution in [3.8, 4) is 5.88 Å². The van der Waals surface area contributed by atoms with Crippen molar-refractivity contribution in [2.24, 2.45) is 10.9 Å². The van der Waals surface area contributed by atoms with Gasteiger partial charge in [-0.05, 0) is 31.7 Å². The number of halogens is 4. The van der Waals surface area contributed by atoms with Crippen molar-refractivity contribution < 1.29 is 17.9 Å². The summed E-state index contributed by atoms with van der Waals surface area (Å²) in [6, 6.07) is 1.13. The number of nitrogens with zero attached hydrogens (tertiary/aromatic N) is 3. The standard InChI is InChI=1S/C16H23ClF3N3O/c1-5-23(4)10-21-13-9-12(17)15(22-14(13)16(18,19)20)24-8-6-7-11(2)3/h9-11H,5-8H2,1-4H3. The van der Waals surface area contributed by atoms with Gasteiger partial charge < -0.3 is 9.64 Å². The van der Waals surface area contributed by atoms with E-state index in [1.807, 2.05) is 6.92 Å². The normalized spacial score (nSPS) is 12.2. The Hall–Kier alpha value is -1.50. The van der Waals surface area contributed by atoms with E-state index in [0.29, 0.717) is 12.5 Å². The molecule has 0 unspecified atom stereocenters. The Morgan fingerprint density at radius 2 is 2.08 bits per heavy atom. The molecule has 0 saturated heterocycles. The number of aromatic nitrogens is 1. The highest BCUT2D eigenvalue weighted by Gasteiger charge is 2.37. The molecule has 0 bridgehead atoms. The summed E-state index contributed by atoms with van der Waals surface area (Å²) in [7, 11) is 1.71. The Morgan fingerprint density at radius 3 is 2.62 bits per heavy atom. The van der Waals surface area contributed by atoms with Crippen molar-refractivity contribution in [2.75, 3.05) is 20.2 Å². The zero-order valence-electron chi connectivity index (χ0n) is 14.3. The summed E-state index contributed by atoms with van der Waals surface area (Å²) in [6.45, 7) is 6.86. The summed E-state index contributed by atoms with van der Waals surface area (Å²) in [6.07, 6.45) is -1.70. The fourth-order valence-corrected chi connectivity index (χ4v) is 1.97. The van der Waals surface area contributed by atoms with Crippen LogP contribution in [0.2, 0.25) is 5.02 Å². The average molecular weight is 366 g/mol. The van der Waals surface area contributed by atoms with Crippen molar-refractivity contribution in [3.05, 3.63) is 16.8 Å². The first-order valence-corrected chi connectivity index (χ1v) is 8.17. The Bertz CT molecular complexity index is 562. The molecule has 0 aliphatic carbocycles. The number of hydrogen-bond acceptors (Lipinski definition) is 3. The van der Waals surface area contributed by atoms with Crippen LogP contribution in [0.25, 0.3) is 0 Å². The zero-order chi connectivity index (χ0) is 18.3. The molecule has 1 aromatic heterocycles. The third kappa shape index (κ3) is 6.55. The van der Waals surface area contributed by atoms with E-state index in [4.69, 9.17) is 16.3 Å². The van der Waals surface area contributed by atoms with Gasteiger partial charge in [0.1, 0.15) is 5.02 Å². The van der Waals surface area contributed by atoms with Crippen LogP contribution < -0.4 is 4.74 Å². The molecule has 24 heavy (non-hydrogen) atoms. The Morgan fingerprint density at radius 1 is 1.42 bits per heavy atom. The maximum absolute atomic E-state index is 13.2. The van der Waals surface area contributed by atoms with Crippen LogP contribution in [0.4, 0.5) is 18.9 Å². The second kappa shape index (κ2) is 9.11. The maximum atomic E-state index is 13.2. The quantitative estimate of drug-likeness (QED) is 0.362. The maximum Gasteiger partial charge on any atom is 0.435 e. The Labute approximate surface area is 145 Å². The summed E-state index contributed by atoms with van der Waals surface area (Å²) < 4.78 is 45.0. The minimum atomic E-state index is -4.64. The molecule has 0 N–H and O–H groups in total. The second-order valence-electron chi connectivity index (χ2n) is 5.84. The highest BCUT2D eigenvalue weighted by Crippen LogP contribution is 2.39. The smallest absolute Gasteiger partial charge is 0.435 e. The third-order valence-electron chi connectivity index (χ3n) is 3.25. The van der Waals surface area contributed by atoms with Gasteiger partial charge in [-0.1, -0.05) is 25.4 Å². The summed E-state index contributed by atoms with van der Waals surface area (Å²) in [5.74, 6) is 0.283. The van der Waals surface area contributed by atoms with Gasteiger partial charge in [0.05, 0.1) is 18.6 Å². The van der Waals surface area contributed by atoms with Crippen LogP contribution in [0.1, 0.15) is 39.3 Å². The average Bonchev–Trinajstić information content (AvgIpc) is 2.48. The highest BCUT2D eigenvalue weighted by molar-refractivity contribution is 6.32. The molecule has 0 aliphatic rings. The fraction of sp³-hybridized carbons (Fsp3) is 0.625. The van der Waals surface area contributed by atoms with Gasteiger partial charge in [0, 0.05) is 13.6 Å². The summed E-state index contributed by atoms with van der Waals surface area (Å²) >= 11 is 6.00. The van der Waals surface area contributed by atoms with Gasteiger partial charge in [0.15, 0.2) is 5.69 Å². The SMILES string of the molecule is CCN(C)C=Nc1cc(Cl)c(OCCCC(C)C)nc1C(F)(F)F. The molecule has 4 nitrogen and oxygen atoms in total. The van der Waals surface area contributed by atoms with E-state index in [0.717, 1.165) is 18.9 Å². The molecule has 0 saturated carbocycles. The molecule has 0 spiro atoms. The summed E-state index contributed by atoms with van der Waals surface area (Å²) in [4.78, 5) is 9.04. The van der Waals surface area contributed by atoms with Crippen molar-refractivity contribution >= 4 is 23.6 Å². The molecule has 8 heteroatoms. The molecule has 0 aromatic carbocycles. The molecule has 1 rings (SSSR count). The number of rotatable bonds is 8. The first kappa shape index (κ1) is 20.5. The highest BCUT2D eigenvalue weighted by atomic mass is 35.5. The third-order valence-corrected chi connectivity index (χ3v) is 3.52. The molecule has 0 radical (unpaired) electrons. The van der Waals surface area contributed by atoms with Gasteiger partial charge >= 0.3 is 6.18 Å². The van der Waals surface area contributed by atoms with Crippen molar-refractivity contribution in [2.45, 2.75) is 39.8 Å². The monoisotopic (exact) mass is 365 g/mol. The molecule has 0 amide bonds. The minimum absolute atomic E-state index is 0.0128. The first-order valence-electron chi connectivity index (χ1n) is 7.80. The number of pyridine rings is 1. The van der Waals surface area contributed by atoms with Gasteiger partial charge in [-0.3, -0.25) is 0 Å². The van der Waals surface area contributed by atoms with Gasteiger partial charge in [-0.15, -0.1) is 0 Å². The molecule has 1 heterocycles. The van der Waals surface area contributed by atoms with Crippen LogP contribution in [0, 0.1) is 5.92 Å². The van der Waals surface area contributed by atoms with E-state index in [9.17, 15) is 13.2 Å². The molecule has 136 valence electrons. The second-order valence-corrected chi connectivity index (χ2v) is 6.25. The van der Waals surface area contributed by atoms with Crippen LogP contribution >= 0.6 is 11.6 Å². The lowest BCUT2D eigenvalue weighted by atomic mass is 10.1. The topological polar surface area (TPSA) is 37.7 Å². The molecular formula is C16H23ClF3N3O. The van der Waals surface area contributed by atoms with Crippen molar-refractivity contribution in [1.29, 1.82) is 0 Å². The fourth-order valence-electron chi connectivity index (χ4n) is 1.77. The zero-order valence-corrected chi connectivity index (χ0v) is 15.1. The predicted octanol–water partition coefficient (Wildman–Crippen LogP) is 5.18. The first-order chi connectivity index (χ1) is 11.1. The molecular weight excluding hydrogens is 343 g/mol. The van der Waals surface area contributed by atoms with Crippen LogP contribution in [0.3, 0.4) is 0 Å². The van der Waals surface area contributed by atoms with Crippen LogP contribution in [0.15, 0.2) is 11.1 Å². The lowest BCUT2D eigenvalue weighted by Gasteiger charge is -2.14. The van der Waals surface area contributed by atoms with E-state index in [1.165, 1.54) is 6.34 Å². The number of aliphatic imine (C=N–C) groups is 1. The van der Waals surface area contributed by atoms with Crippen LogP contribution in [-0.4, -0.2) is 36.4 Å². The summed E-state index contributed by atoms with van der Waals surface area (Å²) in [5.41, 5.74) is -1.44. The summed E-state index contributed by atoms with van der Waals surface area (Å²) in [5, 5.41) is 0.0128. The number of alkyl halides is 3. The lowest BCUT2D eigenvalue weighted by Crippen LogP contribution is -2.15. The van der Waals surface area contributed by atoms with Gasteiger partial charge in [-0.2, -0.15) is 13.2 Å². The number of hydrogen-bond donors (Lipinski definition) is 0. The van der Waals surface area contributed by atoms with Crippen molar-refractivity contribution in [1.82, 2.24) is 9.88 Å². The van der Waals surface area contributed by atoms with Gasteiger partial charge in [-0.25, -0.2) is 9.98 Å². The van der Waals surface area contributed by atoms with Gasteiger partial charge in [0.25, 0.3) is 0 Å². The van der Waals surface area contributed by atoms with Crippen LogP contribution in [-0.2, 0) is 6.18 Å². The lowest BCUT2D eigenvalue weighted by molar-refractivity contribution is -0.140. The van der Waals surface area contributed by atoms with Gasteiger partial charge in [0.2, 0.25) is 5.88 Å². The van der Waals surface area contributed by atoms with Crippen LogP contribution in [0.5, 0.6) is 5.88 Å². The molecule has 0 aliphatic heterocycles. The largest absolute Gasteiger partial charge is 0.477 e. The Kier molecular flexibility index (Phi) is 7.79. The van der Waals surface area contributed by atoms with E-state index >= 15 is 0 Å². The van der Waals surface area contributed by atoms with E-state index in [-0.39, 0.29) is 23.2 Å².